The Labute approximate surface area is 194 Å². The van der Waals surface area contributed by atoms with Gasteiger partial charge in [0.1, 0.15) is 0 Å². The van der Waals surface area contributed by atoms with Gasteiger partial charge in [-0.15, -0.1) is 21.5 Å². The van der Waals surface area contributed by atoms with E-state index in [-0.39, 0.29) is 11.4 Å². The van der Waals surface area contributed by atoms with Crippen molar-refractivity contribution in [1.82, 2.24) is 39.3 Å². The number of hydrogen-bond donors (Lipinski definition) is 0. The lowest BCUT2D eigenvalue weighted by atomic mass is 9.83. The monoisotopic (exact) mass is 458 g/mol. The summed E-state index contributed by atoms with van der Waals surface area (Å²) in [7, 11) is 2.20. The normalized spacial score (nSPS) is 22.4. The molecule has 10 heteroatoms. The summed E-state index contributed by atoms with van der Waals surface area (Å²) in [5.74, 6) is 1.54. The fourth-order valence-corrected chi connectivity index (χ4v) is 6.06. The van der Waals surface area contributed by atoms with Gasteiger partial charge in [-0.05, 0) is 33.4 Å². The summed E-state index contributed by atoms with van der Waals surface area (Å²) in [6, 6.07) is 0. The van der Waals surface area contributed by atoms with Crippen molar-refractivity contribution in [2.75, 3.05) is 59.4 Å². The standard InChI is InChI=1S/C22H34N8OS/c1-4-27-10-12-29(13-11-27)20(31)19-24-25-21-22(26(3)9-14-30(19)21)5-7-28(8-6-22)15-18-16-32-17(2)23-18/h16H,4-15H2,1-3H3. The summed E-state index contributed by atoms with van der Waals surface area (Å²) < 4.78 is 2.12. The third kappa shape index (κ3) is 3.87. The molecule has 5 heterocycles. The van der Waals surface area contributed by atoms with E-state index in [9.17, 15) is 4.79 Å². The number of rotatable bonds is 4. The molecule has 3 aliphatic heterocycles. The number of likely N-dealkylation sites (N-methyl/N-ethyl adjacent to an activating group) is 2. The number of likely N-dealkylation sites (tertiary alicyclic amines) is 1. The number of fused-ring (bicyclic) bond motifs is 2. The number of amides is 1. The van der Waals surface area contributed by atoms with Gasteiger partial charge in [0.25, 0.3) is 5.91 Å². The molecular weight excluding hydrogens is 424 g/mol. The largest absolute Gasteiger partial charge is 0.333 e. The van der Waals surface area contributed by atoms with E-state index in [1.165, 1.54) is 5.69 Å². The van der Waals surface area contributed by atoms with Crippen LogP contribution in [0.4, 0.5) is 0 Å². The molecule has 32 heavy (non-hydrogen) atoms. The van der Waals surface area contributed by atoms with Crippen LogP contribution in [0.5, 0.6) is 0 Å². The van der Waals surface area contributed by atoms with Gasteiger partial charge in [0.2, 0.25) is 5.82 Å². The van der Waals surface area contributed by atoms with Crippen LogP contribution in [0.15, 0.2) is 5.38 Å². The Morgan fingerprint density at radius 1 is 1.03 bits per heavy atom. The van der Waals surface area contributed by atoms with Crippen molar-refractivity contribution < 1.29 is 4.79 Å². The van der Waals surface area contributed by atoms with Crippen LogP contribution in [0.3, 0.4) is 0 Å². The summed E-state index contributed by atoms with van der Waals surface area (Å²) in [5.41, 5.74) is 1.03. The highest BCUT2D eigenvalue weighted by molar-refractivity contribution is 7.09. The summed E-state index contributed by atoms with van der Waals surface area (Å²) in [4.78, 5) is 27.2. The average molecular weight is 459 g/mol. The first kappa shape index (κ1) is 21.9. The molecule has 174 valence electrons. The molecule has 0 unspecified atom stereocenters. The van der Waals surface area contributed by atoms with Gasteiger partial charge in [0.15, 0.2) is 5.82 Å². The van der Waals surface area contributed by atoms with Gasteiger partial charge in [-0.2, -0.15) is 0 Å². The number of nitrogens with zero attached hydrogens (tertiary/aromatic N) is 8. The molecule has 1 spiro atoms. The number of aromatic nitrogens is 4. The molecule has 0 radical (unpaired) electrons. The zero-order valence-electron chi connectivity index (χ0n) is 19.5. The van der Waals surface area contributed by atoms with Crippen LogP contribution in [0, 0.1) is 6.92 Å². The SMILES string of the molecule is CCN1CCN(C(=O)c2nnc3n2CCN(C)C32CCN(Cc3csc(C)n3)CC2)CC1. The topological polar surface area (TPSA) is 73.6 Å². The number of carbonyl (C=O) groups is 1. The number of thiazole rings is 1. The first-order valence-electron chi connectivity index (χ1n) is 11.8. The van der Waals surface area contributed by atoms with Crippen molar-refractivity contribution in [3.8, 4) is 0 Å². The molecule has 0 N–H and O–H groups in total. The first-order chi connectivity index (χ1) is 15.5. The second kappa shape index (κ2) is 8.81. The van der Waals surface area contributed by atoms with Crippen molar-refractivity contribution in [2.45, 2.75) is 45.3 Å². The Morgan fingerprint density at radius 3 is 2.44 bits per heavy atom. The quantitative estimate of drug-likeness (QED) is 0.683. The van der Waals surface area contributed by atoms with Crippen molar-refractivity contribution in [1.29, 1.82) is 0 Å². The van der Waals surface area contributed by atoms with Gasteiger partial charge in [0, 0.05) is 64.3 Å². The van der Waals surface area contributed by atoms with E-state index in [4.69, 9.17) is 0 Å². The first-order valence-corrected chi connectivity index (χ1v) is 12.7. The molecule has 0 atom stereocenters. The van der Waals surface area contributed by atoms with Gasteiger partial charge in [0.05, 0.1) is 16.2 Å². The molecular formula is C22H34N8OS. The van der Waals surface area contributed by atoms with Crippen LogP contribution in [-0.4, -0.2) is 105 Å². The Bertz CT molecular complexity index is 955. The summed E-state index contributed by atoms with van der Waals surface area (Å²) in [6.07, 6.45) is 1.99. The van der Waals surface area contributed by atoms with E-state index < -0.39 is 0 Å². The van der Waals surface area contributed by atoms with Crippen LogP contribution in [-0.2, 0) is 18.6 Å². The van der Waals surface area contributed by atoms with Crippen molar-refractivity contribution in [2.24, 2.45) is 0 Å². The third-order valence-electron chi connectivity index (χ3n) is 7.59. The predicted octanol–water partition coefficient (Wildman–Crippen LogP) is 1.26. The fraction of sp³-hybridized carbons (Fsp3) is 0.727. The molecule has 0 aliphatic carbocycles. The van der Waals surface area contributed by atoms with Gasteiger partial charge in [-0.25, -0.2) is 4.98 Å². The molecule has 0 bridgehead atoms. The smallest absolute Gasteiger partial charge is 0.291 e. The van der Waals surface area contributed by atoms with E-state index >= 15 is 0 Å². The van der Waals surface area contributed by atoms with Gasteiger partial charge in [-0.3, -0.25) is 14.6 Å². The van der Waals surface area contributed by atoms with E-state index in [0.717, 1.165) is 89.1 Å². The third-order valence-corrected chi connectivity index (χ3v) is 8.41. The number of piperidine rings is 1. The molecule has 1 amide bonds. The van der Waals surface area contributed by atoms with Crippen LogP contribution >= 0.6 is 11.3 Å². The number of aryl methyl sites for hydroxylation is 1. The minimum absolute atomic E-state index is 0.0375. The highest BCUT2D eigenvalue weighted by atomic mass is 32.1. The van der Waals surface area contributed by atoms with Gasteiger partial charge in [-0.1, -0.05) is 6.92 Å². The lowest BCUT2D eigenvalue weighted by Gasteiger charge is -2.49. The van der Waals surface area contributed by atoms with Crippen LogP contribution in [0.25, 0.3) is 0 Å². The molecule has 2 fully saturated rings. The number of piperazine rings is 1. The Kier molecular flexibility index (Phi) is 6.04. The van der Waals surface area contributed by atoms with E-state index in [1.807, 2.05) is 4.90 Å². The highest BCUT2D eigenvalue weighted by Gasteiger charge is 2.47. The van der Waals surface area contributed by atoms with E-state index in [1.54, 1.807) is 11.3 Å². The highest BCUT2D eigenvalue weighted by Crippen LogP contribution is 2.40. The van der Waals surface area contributed by atoms with Crippen molar-refractivity contribution in [3.63, 3.8) is 0 Å². The van der Waals surface area contributed by atoms with Crippen LogP contribution < -0.4 is 0 Å². The van der Waals surface area contributed by atoms with E-state index in [2.05, 4.69) is 60.7 Å². The molecule has 5 rings (SSSR count). The lowest BCUT2D eigenvalue weighted by Crippen LogP contribution is -2.56. The second-order valence-electron chi connectivity index (χ2n) is 9.31. The second-order valence-corrected chi connectivity index (χ2v) is 10.4. The van der Waals surface area contributed by atoms with Crippen LogP contribution in [0.1, 0.15) is 46.9 Å². The maximum Gasteiger partial charge on any atom is 0.291 e. The Balaban J connectivity index is 1.31. The number of carbonyl (C=O) groups excluding carboxylic acids is 1. The zero-order valence-corrected chi connectivity index (χ0v) is 20.3. The molecule has 3 aliphatic rings. The summed E-state index contributed by atoms with van der Waals surface area (Å²) >= 11 is 1.72. The van der Waals surface area contributed by atoms with Crippen molar-refractivity contribution in [3.05, 3.63) is 27.7 Å². The summed E-state index contributed by atoms with van der Waals surface area (Å²) in [5, 5.41) is 12.4. The van der Waals surface area contributed by atoms with E-state index in [0.29, 0.717) is 5.82 Å². The Hall–Kier alpha value is -1.88. The number of hydrogen-bond acceptors (Lipinski definition) is 8. The molecule has 0 aromatic carbocycles. The molecule has 2 aromatic rings. The van der Waals surface area contributed by atoms with Crippen molar-refractivity contribution >= 4 is 17.2 Å². The minimum Gasteiger partial charge on any atom is -0.333 e. The maximum absolute atomic E-state index is 13.3. The van der Waals surface area contributed by atoms with Gasteiger partial charge >= 0.3 is 0 Å². The van der Waals surface area contributed by atoms with Gasteiger partial charge < -0.3 is 14.4 Å². The minimum atomic E-state index is -0.140. The predicted molar refractivity (Wildman–Crippen MR) is 124 cm³/mol. The Morgan fingerprint density at radius 2 is 1.78 bits per heavy atom. The lowest BCUT2D eigenvalue weighted by molar-refractivity contribution is 0.00557. The fourth-order valence-electron chi connectivity index (χ4n) is 5.46. The zero-order chi connectivity index (χ0) is 22.3. The average Bonchev–Trinajstić information content (AvgIpc) is 3.44. The molecule has 2 aromatic heterocycles. The summed E-state index contributed by atoms with van der Waals surface area (Å²) in [6.45, 7) is 13.3. The molecule has 2 saturated heterocycles. The maximum atomic E-state index is 13.3. The van der Waals surface area contributed by atoms with Crippen LogP contribution in [0.2, 0.25) is 0 Å². The molecule has 0 saturated carbocycles. The molecule has 9 nitrogen and oxygen atoms in total.